The number of halogens is 2. The molecule has 0 unspecified atom stereocenters. The van der Waals surface area contributed by atoms with Crippen LogP contribution in [0.4, 0.5) is 0 Å². The van der Waals surface area contributed by atoms with Gasteiger partial charge in [0.05, 0.1) is 25.6 Å². The van der Waals surface area contributed by atoms with Gasteiger partial charge in [0.2, 0.25) is 0 Å². The second kappa shape index (κ2) is 7.97. The third-order valence-electron chi connectivity index (χ3n) is 3.27. The molecule has 0 saturated heterocycles. The predicted molar refractivity (Wildman–Crippen MR) is 108 cm³/mol. The first-order chi connectivity index (χ1) is 12.0. The van der Waals surface area contributed by atoms with Crippen molar-refractivity contribution in [3.63, 3.8) is 0 Å². The Kier molecular flexibility index (Phi) is 5.71. The van der Waals surface area contributed by atoms with Crippen LogP contribution < -0.4 is 5.73 Å². The number of nitrogens with zero attached hydrogens (tertiary/aromatic N) is 1. The van der Waals surface area contributed by atoms with Crippen LogP contribution in [0, 0.1) is 0 Å². The van der Waals surface area contributed by atoms with Gasteiger partial charge in [-0.25, -0.2) is 4.98 Å². The molecule has 0 saturated carbocycles. The van der Waals surface area contributed by atoms with Crippen molar-refractivity contribution in [3.05, 3.63) is 75.0 Å². The minimum Gasteiger partial charge on any atom is -0.365 e. The number of carbonyl (C=O) groups excluding carboxylic acids is 1. The van der Waals surface area contributed by atoms with Gasteiger partial charge in [-0.1, -0.05) is 41.4 Å². The predicted octanol–water partition coefficient (Wildman–Crippen LogP) is 6.12. The molecule has 0 radical (unpaired) electrons. The van der Waals surface area contributed by atoms with Gasteiger partial charge in [-0.05, 0) is 36.4 Å². The van der Waals surface area contributed by atoms with Gasteiger partial charge in [-0.2, -0.15) is 0 Å². The SMILES string of the molecule is Clc1ccccc1.NC(=O)c1ccc(-c2cc3scnc3cc2Cl)s1. The van der Waals surface area contributed by atoms with Gasteiger partial charge in [0, 0.05) is 15.5 Å². The van der Waals surface area contributed by atoms with Crippen LogP contribution in [0.25, 0.3) is 20.7 Å². The number of nitrogens with two attached hydrogens (primary N) is 1. The number of amides is 1. The minimum atomic E-state index is -0.416. The zero-order valence-corrected chi connectivity index (χ0v) is 15.9. The van der Waals surface area contributed by atoms with Crippen LogP contribution in [0.3, 0.4) is 0 Å². The van der Waals surface area contributed by atoms with E-state index in [1.165, 1.54) is 11.3 Å². The second-order valence-corrected chi connectivity index (χ2v) is 7.79. The van der Waals surface area contributed by atoms with E-state index in [1.807, 2.05) is 48.5 Å². The molecule has 0 spiro atoms. The second-order valence-electron chi connectivity index (χ2n) is 4.98. The summed E-state index contributed by atoms with van der Waals surface area (Å²) < 4.78 is 1.07. The molecular formula is C18H12Cl2N2OS2. The Hall–Kier alpha value is -1.92. The summed E-state index contributed by atoms with van der Waals surface area (Å²) in [5, 5.41) is 1.42. The number of hydrogen-bond donors (Lipinski definition) is 1. The Balaban J connectivity index is 0.000000219. The third-order valence-corrected chi connectivity index (χ3v) is 5.76. The average Bonchev–Trinajstić information content (AvgIpc) is 3.24. The van der Waals surface area contributed by atoms with E-state index in [-0.39, 0.29) is 0 Å². The van der Waals surface area contributed by atoms with E-state index in [1.54, 1.807) is 22.9 Å². The molecule has 4 aromatic rings. The van der Waals surface area contributed by atoms with Gasteiger partial charge in [-0.15, -0.1) is 22.7 Å². The lowest BCUT2D eigenvalue weighted by Crippen LogP contribution is -2.07. The van der Waals surface area contributed by atoms with E-state index in [0.717, 1.165) is 25.7 Å². The highest BCUT2D eigenvalue weighted by molar-refractivity contribution is 7.18. The number of hydrogen-bond acceptors (Lipinski definition) is 4. The number of thiazole rings is 1. The molecule has 2 heterocycles. The van der Waals surface area contributed by atoms with Crippen molar-refractivity contribution in [1.29, 1.82) is 0 Å². The highest BCUT2D eigenvalue weighted by Gasteiger charge is 2.11. The van der Waals surface area contributed by atoms with E-state index in [0.29, 0.717) is 9.90 Å². The van der Waals surface area contributed by atoms with E-state index >= 15 is 0 Å². The number of benzene rings is 2. The Morgan fingerprint density at radius 3 is 2.40 bits per heavy atom. The summed E-state index contributed by atoms with van der Waals surface area (Å²) in [4.78, 5) is 16.8. The zero-order valence-electron chi connectivity index (χ0n) is 12.8. The molecule has 0 fully saturated rings. The van der Waals surface area contributed by atoms with Gasteiger partial charge in [-0.3, -0.25) is 4.79 Å². The lowest BCUT2D eigenvalue weighted by Gasteiger charge is -2.01. The molecular weight excluding hydrogens is 395 g/mol. The fourth-order valence-corrected chi connectivity index (χ4v) is 4.14. The molecule has 2 N–H and O–H groups in total. The van der Waals surface area contributed by atoms with Crippen LogP contribution in [0.15, 0.2) is 60.1 Å². The summed E-state index contributed by atoms with van der Waals surface area (Å²) >= 11 is 14.7. The van der Waals surface area contributed by atoms with E-state index in [9.17, 15) is 4.79 Å². The largest absolute Gasteiger partial charge is 0.365 e. The van der Waals surface area contributed by atoms with Crippen molar-refractivity contribution in [3.8, 4) is 10.4 Å². The van der Waals surface area contributed by atoms with Crippen molar-refractivity contribution in [2.75, 3.05) is 0 Å². The number of primary amides is 1. The van der Waals surface area contributed by atoms with Crippen molar-refractivity contribution in [2.24, 2.45) is 5.73 Å². The molecule has 0 aliphatic heterocycles. The van der Waals surface area contributed by atoms with Crippen LogP contribution in [0.5, 0.6) is 0 Å². The molecule has 2 aromatic carbocycles. The molecule has 2 aromatic heterocycles. The molecule has 1 amide bonds. The minimum absolute atomic E-state index is 0.416. The number of carbonyl (C=O) groups is 1. The molecule has 0 atom stereocenters. The summed E-state index contributed by atoms with van der Waals surface area (Å²) in [6.07, 6.45) is 0. The average molecular weight is 407 g/mol. The maximum absolute atomic E-state index is 11.1. The molecule has 0 aliphatic rings. The normalized spacial score (nSPS) is 10.3. The smallest absolute Gasteiger partial charge is 0.258 e. The number of thiophene rings is 1. The highest BCUT2D eigenvalue weighted by Crippen LogP contribution is 2.36. The van der Waals surface area contributed by atoms with Crippen molar-refractivity contribution in [2.45, 2.75) is 0 Å². The van der Waals surface area contributed by atoms with Crippen molar-refractivity contribution >= 4 is 62.0 Å². The number of rotatable bonds is 2. The van der Waals surface area contributed by atoms with Gasteiger partial charge >= 0.3 is 0 Å². The summed E-state index contributed by atoms with van der Waals surface area (Å²) in [5.41, 5.74) is 8.83. The standard InChI is InChI=1S/C12H7ClN2OS2.C6H5Cl/c13-7-4-8-11(17-5-15-8)3-6(7)9-1-2-10(18-9)12(14)16;7-6-4-2-1-3-5-6/h1-5H,(H2,14,16);1-5H. The first-order valence-corrected chi connectivity index (χ1v) is 9.63. The fourth-order valence-electron chi connectivity index (χ4n) is 2.10. The number of aromatic nitrogens is 1. The van der Waals surface area contributed by atoms with Crippen molar-refractivity contribution in [1.82, 2.24) is 4.98 Å². The molecule has 4 rings (SSSR count). The lowest BCUT2D eigenvalue weighted by atomic mass is 10.2. The molecule has 3 nitrogen and oxygen atoms in total. The quantitative estimate of drug-likeness (QED) is 0.435. The van der Waals surface area contributed by atoms with Gasteiger partial charge in [0.15, 0.2) is 0 Å². The summed E-state index contributed by atoms with van der Waals surface area (Å²) in [6, 6.07) is 16.9. The Labute approximate surface area is 162 Å². The monoisotopic (exact) mass is 406 g/mol. The zero-order chi connectivity index (χ0) is 17.8. The lowest BCUT2D eigenvalue weighted by molar-refractivity contribution is 0.100. The van der Waals surface area contributed by atoms with Crippen LogP contribution in [0.2, 0.25) is 10.0 Å². The van der Waals surface area contributed by atoms with E-state index in [4.69, 9.17) is 28.9 Å². The molecule has 0 aliphatic carbocycles. The van der Waals surface area contributed by atoms with Crippen LogP contribution in [-0.2, 0) is 0 Å². The Morgan fingerprint density at radius 2 is 1.80 bits per heavy atom. The summed E-state index contributed by atoms with van der Waals surface area (Å²) in [5.74, 6) is -0.416. The number of fused-ring (bicyclic) bond motifs is 1. The van der Waals surface area contributed by atoms with Crippen LogP contribution in [-0.4, -0.2) is 10.9 Å². The molecule has 126 valence electrons. The Bertz CT molecular complexity index is 1010. The fraction of sp³-hybridized carbons (Fsp3) is 0. The van der Waals surface area contributed by atoms with Crippen LogP contribution >= 0.6 is 45.9 Å². The maximum atomic E-state index is 11.1. The van der Waals surface area contributed by atoms with Gasteiger partial charge in [0.25, 0.3) is 5.91 Å². The first-order valence-electron chi connectivity index (χ1n) is 7.18. The van der Waals surface area contributed by atoms with E-state index < -0.39 is 5.91 Å². The van der Waals surface area contributed by atoms with Gasteiger partial charge < -0.3 is 5.73 Å². The van der Waals surface area contributed by atoms with Crippen molar-refractivity contribution < 1.29 is 4.79 Å². The molecule has 7 heteroatoms. The van der Waals surface area contributed by atoms with E-state index in [2.05, 4.69) is 4.98 Å². The molecule has 0 bridgehead atoms. The van der Waals surface area contributed by atoms with Crippen LogP contribution in [0.1, 0.15) is 9.67 Å². The molecule has 25 heavy (non-hydrogen) atoms. The summed E-state index contributed by atoms with van der Waals surface area (Å²) in [7, 11) is 0. The Morgan fingerprint density at radius 1 is 1.04 bits per heavy atom. The van der Waals surface area contributed by atoms with Gasteiger partial charge in [0.1, 0.15) is 0 Å². The summed E-state index contributed by atoms with van der Waals surface area (Å²) in [6.45, 7) is 0. The topological polar surface area (TPSA) is 56.0 Å². The highest BCUT2D eigenvalue weighted by atomic mass is 35.5. The first kappa shape index (κ1) is 17.9. The maximum Gasteiger partial charge on any atom is 0.258 e. The third kappa shape index (κ3) is 4.38.